The number of fused-ring (bicyclic) bond motifs is 3. The van der Waals surface area contributed by atoms with Crippen LogP contribution in [0, 0.1) is 0 Å². The van der Waals surface area contributed by atoms with Gasteiger partial charge in [0.1, 0.15) is 18.7 Å². The Morgan fingerprint density at radius 1 is 0.875 bits per heavy atom. The normalized spacial score (nSPS) is 13.8. The molecule has 2 atom stereocenters. The number of carbonyl (C=O) groups is 3. The van der Waals surface area contributed by atoms with E-state index in [4.69, 9.17) is 4.74 Å². The predicted octanol–water partition coefficient (Wildman–Crippen LogP) is 4.25. The van der Waals surface area contributed by atoms with E-state index in [0.717, 1.165) is 27.8 Å². The lowest BCUT2D eigenvalue weighted by Gasteiger charge is -2.26. The van der Waals surface area contributed by atoms with E-state index in [9.17, 15) is 28.3 Å². The van der Waals surface area contributed by atoms with Crippen molar-refractivity contribution in [2.24, 2.45) is 0 Å². The Hall–Kier alpha value is -4.31. The molecule has 0 aromatic heterocycles. The lowest BCUT2D eigenvalue weighted by Crippen LogP contribution is -2.55. The molecule has 1 aliphatic carbocycles. The van der Waals surface area contributed by atoms with Crippen molar-refractivity contribution in [3.05, 3.63) is 95.6 Å². The van der Waals surface area contributed by atoms with Gasteiger partial charge in [0, 0.05) is 25.4 Å². The third-order valence-electron chi connectivity index (χ3n) is 6.77. The predicted molar refractivity (Wildman–Crippen MR) is 145 cm³/mol. The first-order valence-electron chi connectivity index (χ1n) is 12.9. The average molecular weight is 552 g/mol. The van der Waals surface area contributed by atoms with Crippen LogP contribution in [0.5, 0.6) is 0 Å². The molecule has 0 aliphatic heterocycles. The Labute approximate surface area is 231 Å². The zero-order chi connectivity index (χ0) is 28.6. The summed E-state index contributed by atoms with van der Waals surface area (Å²) in [7, 11) is 1.72. The zero-order valence-electron chi connectivity index (χ0n) is 21.9. The largest absolute Gasteiger partial charge is 0.480 e. The van der Waals surface area contributed by atoms with Crippen molar-refractivity contribution in [1.29, 1.82) is 0 Å². The van der Waals surface area contributed by atoms with Crippen molar-refractivity contribution in [3.63, 3.8) is 0 Å². The van der Waals surface area contributed by atoms with Crippen LogP contribution in [0.1, 0.15) is 29.0 Å². The monoisotopic (exact) mass is 551 g/mol. The summed E-state index contributed by atoms with van der Waals surface area (Å²) in [6.45, 7) is 0.416. The Balaban J connectivity index is 1.45. The molecule has 3 aromatic carbocycles. The SMILES string of the molecule is CN(Cc1ccccc1)CC(NC(=O)OCC1c2ccccc2-c2ccccc21)C(=O)NC(CC(F)F)C(=O)O. The fourth-order valence-corrected chi connectivity index (χ4v) is 4.92. The second-order valence-corrected chi connectivity index (χ2v) is 9.73. The van der Waals surface area contributed by atoms with Gasteiger partial charge in [0.25, 0.3) is 0 Å². The Morgan fingerprint density at radius 2 is 1.45 bits per heavy atom. The van der Waals surface area contributed by atoms with Crippen LogP contribution >= 0.6 is 0 Å². The molecule has 4 rings (SSSR count). The van der Waals surface area contributed by atoms with Crippen molar-refractivity contribution in [1.82, 2.24) is 15.5 Å². The molecule has 0 saturated heterocycles. The highest BCUT2D eigenvalue weighted by atomic mass is 19.3. The van der Waals surface area contributed by atoms with Crippen LogP contribution in [0.15, 0.2) is 78.9 Å². The number of alkyl carbamates (subject to hydrolysis) is 1. The number of carbonyl (C=O) groups excluding carboxylic acids is 2. The number of hydrogen-bond donors (Lipinski definition) is 3. The number of carboxylic acids is 1. The molecular weight excluding hydrogens is 520 g/mol. The molecule has 0 spiro atoms. The zero-order valence-corrected chi connectivity index (χ0v) is 21.9. The number of benzene rings is 3. The number of rotatable bonds is 12. The highest BCUT2D eigenvalue weighted by Crippen LogP contribution is 2.44. The van der Waals surface area contributed by atoms with Gasteiger partial charge in [-0.15, -0.1) is 0 Å². The lowest BCUT2D eigenvalue weighted by molar-refractivity contribution is -0.143. The maximum atomic E-state index is 13.0. The first-order valence-corrected chi connectivity index (χ1v) is 12.9. The highest BCUT2D eigenvalue weighted by molar-refractivity contribution is 5.89. The molecule has 3 aromatic rings. The Morgan fingerprint density at radius 3 is 2.02 bits per heavy atom. The van der Waals surface area contributed by atoms with Crippen molar-refractivity contribution in [2.75, 3.05) is 20.2 Å². The van der Waals surface area contributed by atoms with Crippen LogP contribution < -0.4 is 10.6 Å². The van der Waals surface area contributed by atoms with E-state index >= 15 is 0 Å². The molecule has 1 aliphatic rings. The van der Waals surface area contributed by atoms with E-state index in [-0.39, 0.29) is 19.1 Å². The summed E-state index contributed by atoms with van der Waals surface area (Å²) >= 11 is 0. The van der Waals surface area contributed by atoms with E-state index in [1.807, 2.05) is 78.9 Å². The quantitative estimate of drug-likeness (QED) is 0.311. The van der Waals surface area contributed by atoms with E-state index in [1.165, 1.54) is 0 Å². The van der Waals surface area contributed by atoms with Gasteiger partial charge >= 0.3 is 12.1 Å². The number of halogens is 2. The molecule has 0 fully saturated rings. The molecule has 10 heteroatoms. The molecule has 0 radical (unpaired) electrons. The number of nitrogens with zero attached hydrogens (tertiary/aromatic N) is 1. The van der Waals surface area contributed by atoms with E-state index in [1.54, 1.807) is 11.9 Å². The molecular formula is C30H31F2N3O5. The van der Waals surface area contributed by atoms with Crippen molar-refractivity contribution in [2.45, 2.75) is 37.4 Å². The van der Waals surface area contributed by atoms with Crippen LogP contribution in [-0.4, -0.2) is 66.7 Å². The molecule has 0 heterocycles. The first-order chi connectivity index (χ1) is 19.2. The number of carboxylic acid groups (broad SMARTS) is 1. The van der Waals surface area contributed by atoms with Gasteiger partial charge in [-0.05, 0) is 34.9 Å². The Kier molecular flexibility index (Phi) is 9.44. The van der Waals surface area contributed by atoms with Gasteiger partial charge in [-0.3, -0.25) is 9.69 Å². The summed E-state index contributed by atoms with van der Waals surface area (Å²) in [5.41, 5.74) is 5.11. The summed E-state index contributed by atoms with van der Waals surface area (Å²) < 4.78 is 31.4. The van der Waals surface area contributed by atoms with Gasteiger partial charge in [0.15, 0.2) is 0 Å². The summed E-state index contributed by atoms with van der Waals surface area (Å²) in [4.78, 5) is 39.2. The molecule has 0 saturated carbocycles. The van der Waals surface area contributed by atoms with E-state index in [0.29, 0.717) is 6.54 Å². The minimum atomic E-state index is -2.93. The maximum absolute atomic E-state index is 13.0. The van der Waals surface area contributed by atoms with E-state index < -0.39 is 42.9 Å². The number of nitrogens with one attached hydrogen (secondary N) is 2. The van der Waals surface area contributed by atoms with Gasteiger partial charge in [0.05, 0.1) is 0 Å². The number of likely N-dealkylation sites (N-methyl/N-ethyl adjacent to an activating group) is 1. The lowest BCUT2D eigenvalue weighted by atomic mass is 9.98. The van der Waals surface area contributed by atoms with Crippen LogP contribution in [0.2, 0.25) is 0 Å². The summed E-state index contributed by atoms with van der Waals surface area (Å²) in [6, 6.07) is 22.0. The molecule has 2 unspecified atom stereocenters. The molecule has 0 bridgehead atoms. The molecule has 8 nitrogen and oxygen atoms in total. The van der Waals surface area contributed by atoms with Crippen LogP contribution in [0.25, 0.3) is 11.1 Å². The summed E-state index contributed by atoms with van der Waals surface area (Å²) in [5.74, 6) is -2.69. The fraction of sp³-hybridized carbons (Fsp3) is 0.300. The topological polar surface area (TPSA) is 108 Å². The molecule has 3 N–H and O–H groups in total. The van der Waals surface area contributed by atoms with Crippen LogP contribution in [-0.2, 0) is 20.9 Å². The summed E-state index contributed by atoms with van der Waals surface area (Å²) in [6.07, 6.45) is -4.87. The van der Waals surface area contributed by atoms with Gasteiger partial charge < -0.3 is 20.5 Å². The van der Waals surface area contributed by atoms with Crippen LogP contribution in [0.4, 0.5) is 13.6 Å². The number of ether oxygens (including phenoxy) is 1. The number of aliphatic carboxylic acids is 1. The number of hydrogen-bond acceptors (Lipinski definition) is 5. The third-order valence-corrected chi connectivity index (χ3v) is 6.77. The third kappa shape index (κ3) is 7.20. The van der Waals surface area contributed by atoms with Crippen molar-refractivity contribution < 1.29 is 33.0 Å². The molecule has 210 valence electrons. The number of alkyl halides is 2. The maximum Gasteiger partial charge on any atom is 0.407 e. The van der Waals surface area contributed by atoms with Crippen LogP contribution in [0.3, 0.4) is 0 Å². The van der Waals surface area contributed by atoms with Gasteiger partial charge in [-0.25, -0.2) is 18.4 Å². The van der Waals surface area contributed by atoms with E-state index in [2.05, 4.69) is 10.6 Å². The first kappa shape index (κ1) is 28.7. The fourth-order valence-electron chi connectivity index (χ4n) is 4.92. The average Bonchev–Trinajstić information content (AvgIpc) is 3.25. The van der Waals surface area contributed by atoms with Crippen molar-refractivity contribution in [3.8, 4) is 11.1 Å². The second kappa shape index (κ2) is 13.2. The summed E-state index contributed by atoms with van der Waals surface area (Å²) in [5, 5.41) is 13.9. The highest BCUT2D eigenvalue weighted by Gasteiger charge is 2.32. The minimum absolute atomic E-state index is 0.0111. The molecule has 2 amide bonds. The smallest absolute Gasteiger partial charge is 0.407 e. The van der Waals surface area contributed by atoms with Crippen molar-refractivity contribution >= 4 is 18.0 Å². The number of amides is 2. The molecule has 40 heavy (non-hydrogen) atoms. The van der Waals surface area contributed by atoms with Gasteiger partial charge in [-0.1, -0.05) is 78.9 Å². The Bertz CT molecular complexity index is 1290. The standard InChI is InChI=1S/C30H31F2N3O5/c1-35(16-19-9-3-2-4-10-19)17-26(28(36)33-25(29(37)38)15-27(31)32)34-30(39)40-18-24-22-13-7-5-11-20(22)21-12-6-8-14-23(21)24/h2-14,24-27H,15-18H2,1H3,(H,33,36)(H,34,39)(H,37,38). The van der Waals surface area contributed by atoms with Gasteiger partial charge in [-0.2, -0.15) is 0 Å². The van der Waals surface area contributed by atoms with Gasteiger partial charge in [0.2, 0.25) is 12.3 Å². The minimum Gasteiger partial charge on any atom is -0.480 e. The second-order valence-electron chi connectivity index (χ2n) is 9.73.